The summed E-state index contributed by atoms with van der Waals surface area (Å²) < 4.78 is 2.79. The van der Waals surface area contributed by atoms with Crippen molar-refractivity contribution in [1.82, 2.24) is 9.55 Å². The lowest BCUT2D eigenvalue weighted by molar-refractivity contribution is -0.131. The lowest BCUT2D eigenvalue weighted by atomic mass is 10.3. The number of rotatable bonds is 2. The van der Waals surface area contributed by atoms with Gasteiger partial charge in [-0.3, -0.25) is 0 Å². The van der Waals surface area contributed by atoms with Crippen LogP contribution in [0.5, 0.6) is 0 Å². The molecule has 82 valence electrons. The summed E-state index contributed by atoms with van der Waals surface area (Å²) >= 11 is 3.44. The number of nitrogens with zero attached hydrogens (tertiary/aromatic N) is 2. The number of aryl methyl sites for hydroxylation is 1. The summed E-state index contributed by atoms with van der Waals surface area (Å²) in [6.07, 6.45) is 2.56. The Morgan fingerprint density at radius 3 is 2.94 bits per heavy atom. The minimum Gasteiger partial charge on any atom is -0.478 e. The molecule has 5 heteroatoms. The summed E-state index contributed by atoms with van der Waals surface area (Å²) in [6, 6.07) is 5.71. The first-order valence-corrected chi connectivity index (χ1v) is 5.41. The van der Waals surface area contributed by atoms with E-state index in [0.29, 0.717) is 5.82 Å². The average molecular weight is 281 g/mol. The summed E-state index contributed by atoms with van der Waals surface area (Å²) in [7, 11) is 1.85. The van der Waals surface area contributed by atoms with Gasteiger partial charge in [-0.15, -0.1) is 0 Å². The van der Waals surface area contributed by atoms with Gasteiger partial charge in [-0.2, -0.15) is 0 Å². The van der Waals surface area contributed by atoms with Gasteiger partial charge in [0.25, 0.3) is 0 Å². The smallest absolute Gasteiger partial charge is 0.328 e. The summed E-state index contributed by atoms with van der Waals surface area (Å²) in [4.78, 5) is 14.8. The molecule has 0 atom stereocenters. The molecule has 0 radical (unpaired) electrons. The number of imidazole rings is 1. The molecule has 0 aliphatic rings. The van der Waals surface area contributed by atoms with Gasteiger partial charge in [0.05, 0.1) is 11.0 Å². The van der Waals surface area contributed by atoms with Crippen LogP contribution in [-0.2, 0) is 11.8 Å². The Hall–Kier alpha value is -1.62. The normalized spacial score (nSPS) is 11.4. The average Bonchev–Trinajstić information content (AvgIpc) is 2.54. The van der Waals surface area contributed by atoms with Crippen LogP contribution in [-0.4, -0.2) is 20.6 Å². The number of carboxylic acids is 1. The fraction of sp³-hybridized carbons (Fsp3) is 0.0909. The van der Waals surface area contributed by atoms with E-state index in [1.54, 1.807) is 0 Å². The van der Waals surface area contributed by atoms with Crippen LogP contribution in [0.3, 0.4) is 0 Å². The van der Waals surface area contributed by atoms with Crippen LogP contribution in [0.1, 0.15) is 5.82 Å². The maximum atomic E-state index is 10.4. The van der Waals surface area contributed by atoms with Crippen molar-refractivity contribution in [2.24, 2.45) is 7.05 Å². The van der Waals surface area contributed by atoms with E-state index in [1.807, 2.05) is 29.8 Å². The van der Waals surface area contributed by atoms with Gasteiger partial charge in [0.15, 0.2) is 0 Å². The number of aromatic nitrogens is 2. The van der Waals surface area contributed by atoms with Crippen molar-refractivity contribution in [3.8, 4) is 0 Å². The number of carboxylic acid groups (broad SMARTS) is 1. The number of hydrogen-bond acceptors (Lipinski definition) is 2. The highest BCUT2D eigenvalue weighted by atomic mass is 79.9. The van der Waals surface area contributed by atoms with Crippen molar-refractivity contribution in [3.05, 3.63) is 34.6 Å². The molecule has 0 spiro atoms. The molecule has 1 aromatic heterocycles. The third-order valence-corrected chi connectivity index (χ3v) is 2.89. The molecule has 2 rings (SSSR count). The molecule has 4 nitrogen and oxygen atoms in total. The van der Waals surface area contributed by atoms with Crippen LogP contribution in [0, 0.1) is 0 Å². The van der Waals surface area contributed by atoms with Crippen molar-refractivity contribution in [3.63, 3.8) is 0 Å². The molecule has 0 aliphatic carbocycles. The van der Waals surface area contributed by atoms with Gasteiger partial charge in [0, 0.05) is 17.6 Å². The molecular weight excluding hydrogens is 272 g/mol. The zero-order valence-corrected chi connectivity index (χ0v) is 10.1. The molecule has 1 heterocycles. The van der Waals surface area contributed by atoms with E-state index < -0.39 is 5.97 Å². The topological polar surface area (TPSA) is 55.1 Å². The summed E-state index contributed by atoms with van der Waals surface area (Å²) in [5.74, 6) is -0.365. The monoisotopic (exact) mass is 280 g/mol. The van der Waals surface area contributed by atoms with Gasteiger partial charge in [0.2, 0.25) is 0 Å². The molecule has 0 fully saturated rings. The van der Waals surface area contributed by atoms with Crippen molar-refractivity contribution in [2.75, 3.05) is 0 Å². The maximum Gasteiger partial charge on any atom is 0.328 e. The predicted molar refractivity (Wildman–Crippen MR) is 65.1 cm³/mol. The van der Waals surface area contributed by atoms with Crippen LogP contribution < -0.4 is 0 Å². The first-order valence-electron chi connectivity index (χ1n) is 4.61. The van der Waals surface area contributed by atoms with Crippen LogP contribution in [0.2, 0.25) is 0 Å². The van der Waals surface area contributed by atoms with Gasteiger partial charge >= 0.3 is 5.97 Å². The standard InChI is InChI=1S/C11H9BrN2O2/c1-14-9(5-6-10(15)16)13-8-4-2-3-7(12)11(8)14/h2-6H,1H3,(H,15,16)/b6-5+. The van der Waals surface area contributed by atoms with Crippen molar-refractivity contribution >= 4 is 39.0 Å². The lowest BCUT2D eigenvalue weighted by Crippen LogP contribution is -1.93. The van der Waals surface area contributed by atoms with E-state index in [4.69, 9.17) is 5.11 Å². The predicted octanol–water partition coefficient (Wildman–Crippen LogP) is 2.43. The van der Waals surface area contributed by atoms with Crippen LogP contribution >= 0.6 is 15.9 Å². The molecule has 1 aromatic carbocycles. The van der Waals surface area contributed by atoms with Gasteiger partial charge in [-0.05, 0) is 34.1 Å². The Morgan fingerprint density at radius 2 is 2.31 bits per heavy atom. The number of para-hydroxylation sites is 1. The molecule has 0 saturated heterocycles. The molecule has 0 amide bonds. The minimum atomic E-state index is -0.980. The van der Waals surface area contributed by atoms with Gasteiger partial charge in [0.1, 0.15) is 5.82 Å². The Balaban J connectivity index is 2.61. The zero-order valence-electron chi connectivity index (χ0n) is 8.51. The SMILES string of the molecule is Cn1c(/C=C/C(=O)O)nc2cccc(Br)c21. The van der Waals surface area contributed by atoms with Crippen LogP contribution in [0.4, 0.5) is 0 Å². The highest BCUT2D eigenvalue weighted by Gasteiger charge is 2.07. The Labute approximate surface area is 100 Å². The van der Waals surface area contributed by atoms with E-state index in [-0.39, 0.29) is 0 Å². The van der Waals surface area contributed by atoms with Gasteiger partial charge < -0.3 is 9.67 Å². The summed E-state index contributed by atoms with van der Waals surface area (Å²) in [5, 5.41) is 8.56. The molecule has 2 aromatic rings. The highest BCUT2D eigenvalue weighted by molar-refractivity contribution is 9.10. The second-order valence-electron chi connectivity index (χ2n) is 3.31. The van der Waals surface area contributed by atoms with E-state index in [2.05, 4.69) is 20.9 Å². The van der Waals surface area contributed by atoms with Gasteiger partial charge in [-0.25, -0.2) is 9.78 Å². The van der Waals surface area contributed by atoms with Crippen LogP contribution in [0.25, 0.3) is 17.1 Å². The number of aliphatic carboxylic acids is 1. The molecule has 0 unspecified atom stereocenters. The molecular formula is C11H9BrN2O2. The van der Waals surface area contributed by atoms with E-state index in [1.165, 1.54) is 6.08 Å². The Bertz CT molecular complexity index is 587. The van der Waals surface area contributed by atoms with E-state index >= 15 is 0 Å². The third-order valence-electron chi connectivity index (χ3n) is 2.25. The maximum absolute atomic E-state index is 10.4. The van der Waals surface area contributed by atoms with Crippen LogP contribution in [0.15, 0.2) is 28.7 Å². The number of halogens is 1. The third kappa shape index (κ3) is 1.86. The molecule has 0 aliphatic heterocycles. The van der Waals surface area contributed by atoms with Crippen molar-refractivity contribution in [1.29, 1.82) is 0 Å². The second kappa shape index (κ2) is 4.09. The number of benzene rings is 1. The van der Waals surface area contributed by atoms with Crippen molar-refractivity contribution < 1.29 is 9.90 Å². The zero-order chi connectivity index (χ0) is 11.7. The fourth-order valence-electron chi connectivity index (χ4n) is 1.53. The minimum absolute atomic E-state index is 0.615. The van der Waals surface area contributed by atoms with Crippen molar-refractivity contribution in [2.45, 2.75) is 0 Å². The Morgan fingerprint density at radius 1 is 1.56 bits per heavy atom. The van der Waals surface area contributed by atoms with E-state index in [0.717, 1.165) is 21.6 Å². The molecule has 1 N–H and O–H groups in total. The number of hydrogen-bond donors (Lipinski definition) is 1. The summed E-state index contributed by atoms with van der Waals surface area (Å²) in [5.41, 5.74) is 1.79. The highest BCUT2D eigenvalue weighted by Crippen LogP contribution is 2.24. The Kier molecular flexibility index (Phi) is 2.78. The largest absolute Gasteiger partial charge is 0.478 e. The number of carbonyl (C=O) groups is 1. The van der Waals surface area contributed by atoms with E-state index in [9.17, 15) is 4.79 Å². The molecule has 0 saturated carbocycles. The second-order valence-corrected chi connectivity index (χ2v) is 4.16. The number of fused-ring (bicyclic) bond motifs is 1. The lowest BCUT2D eigenvalue weighted by Gasteiger charge is -1.98. The molecule has 0 bridgehead atoms. The quantitative estimate of drug-likeness (QED) is 0.860. The first kappa shape index (κ1) is 10.9. The molecule has 16 heavy (non-hydrogen) atoms. The first-order chi connectivity index (χ1) is 7.59. The van der Waals surface area contributed by atoms with Gasteiger partial charge in [-0.1, -0.05) is 6.07 Å². The fourth-order valence-corrected chi connectivity index (χ4v) is 2.16. The summed E-state index contributed by atoms with van der Waals surface area (Å²) in [6.45, 7) is 0.